The molecule has 0 saturated carbocycles. The van der Waals surface area contributed by atoms with Crippen molar-refractivity contribution in [2.45, 2.75) is 48.7 Å². The Morgan fingerprint density at radius 1 is 0.353 bits per heavy atom. The second-order valence-electron chi connectivity index (χ2n) is 18.7. The molecule has 4 heteroatoms. The molecular formula is C64H56O4. The summed E-state index contributed by atoms with van der Waals surface area (Å²) in [6.07, 6.45) is 5.13. The second kappa shape index (κ2) is 19.4. The summed E-state index contributed by atoms with van der Waals surface area (Å²) in [6.45, 7) is 4.25. The lowest BCUT2D eigenvalue weighted by Crippen LogP contribution is -2.53. The summed E-state index contributed by atoms with van der Waals surface area (Å²) in [5, 5.41) is 25.1. The first-order valence-electron chi connectivity index (χ1n) is 23.4. The highest BCUT2D eigenvalue weighted by molar-refractivity contribution is 6.02. The summed E-state index contributed by atoms with van der Waals surface area (Å²) in [7, 11) is 0. The molecule has 0 heterocycles. The van der Waals surface area contributed by atoms with Crippen LogP contribution in [-0.4, -0.2) is 21.8 Å². The lowest BCUT2D eigenvalue weighted by molar-refractivity contribution is -0.00938. The molecule has 0 fully saturated rings. The Kier molecular flexibility index (Phi) is 13.0. The summed E-state index contributed by atoms with van der Waals surface area (Å²) in [5.41, 5.74) is 4.70. The third-order valence-corrected chi connectivity index (χ3v) is 14.3. The molecule has 0 saturated heterocycles. The van der Waals surface area contributed by atoms with E-state index in [9.17, 15) is 19.8 Å². The smallest absolute Gasteiger partial charge is 0.170 e. The van der Waals surface area contributed by atoms with Gasteiger partial charge >= 0.3 is 0 Å². The lowest BCUT2D eigenvalue weighted by Gasteiger charge is -2.49. The number of benzene rings is 8. The molecule has 2 N–H and O–H groups in total. The van der Waals surface area contributed by atoms with Crippen LogP contribution in [0.4, 0.5) is 0 Å². The van der Waals surface area contributed by atoms with Crippen molar-refractivity contribution in [1.29, 1.82) is 0 Å². The van der Waals surface area contributed by atoms with Crippen molar-refractivity contribution in [2.24, 2.45) is 11.8 Å². The van der Waals surface area contributed by atoms with Crippen LogP contribution < -0.4 is 0 Å². The third kappa shape index (κ3) is 8.77. The van der Waals surface area contributed by atoms with E-state index in [0.29, 0.717) is 24.0 Å². The number of ketones is 2. The summed E-state index contributed by atoms with van der Waals surface area (Å²) < 4.78 is 0. The summed E-state index contributed by atoms with van der Waals surface area (Å²) in [5.74, 6) is -1.53. The Morgan fingerprint density at radius 3 is 0.868 bits per heavy atom. The molecule has 0 aliphatic heterocycles. The molecule has 2 aliphatic rings. The fourth-order valence-corrected chi connectivity index (χ4v) is 11.0. The van der Waals surface area contributed by atoms with E-state index in [2.05, 4.69) is 62.4 Å². The van der Waals surface area contributed by atoms with Gasteiger partial charge in [-0.1, -0.05) is 257 Å². The fourth-order valence-electron chi connectivity index (χ4n) is 11.0. The highest BCUT2D eigenvalue weighted by atomic mass is 16.3. The minimum atomic E-state index is -1.48. The highest BCUT2D eigenvalue weighted by Crippen LogP contribution is 2.56. The van der Waals surface area contributed by atoms with Crippen LogP contribution in [0, 0.1) is 11.8 Å². The number of hydrogen-bond acceptors (Lipinski definition) is 4. The van der Waals surface area contributed by atoms with E-state index in [1.54, 1.807) is 0 Å². The molecule has 0 bridgehead atoms. The van der Waals surface area contributed by atoms with Gasteiger partial charge < -0.3 is 10.2 Å². The first-order valence-corrected chi connectivity index (χ1v) is 23.4. The van der Waals surface area contributed by atoms with Gasteiger partial charge in [0.15, 0.2) is 11.6 Å². The van der Waals surface area contributed by atoms with Crippen LogP contribution in [0.3, 0.4) is 0 Å². The molecule has 4 nitrogen and oxygen atoms in total. The standard InChI is InChI=1S/2C32H28O2/c2*1-31(27-18-10-4-11-19-27)22-26(24-14-6-2-7-15-24)23-32(34,28-20-12-5-13-21-28)30(31)29(33)25-16-8-3-9-17-25/h2*2-21,23,30,34H,22H2,1H3/t2*30-,31-,32-/m00/s1. The molecule has 0 spiro atoms. The van der Waals surface area contributed by atoms with Gasteiger partial charge in [-0.2, -0.15) is 0 Å². The molecule has 0 amide bonds. The maximum Gasteiger partial charge on any atom is 0.170 e. The number of allylic oxidation sites excluding steroid dienone is 2. The van der Waals surface area contributed by atoms with E-state index < -0.39 is 33.9 Å². The Hall–Kier alpha value is -7.50. The van der Waals surface area contributed by atoms with Crippen LogP contribution in [0.25, 0.3) is 11.1 Å². The van der Waals surface area contributed by atoms with Crippen molar-refractivity contribution in [3.63, 3.8) is 0 Å². The van der Waals surface area contributed by atoms with Gasteiger partial charge in [-0.05, 0) is 69.5 Å². The van der Waals surface area contributed by atoms with Gasteiger partial charge in [0, 0.05) is 22.0 Å². The molecule has 68 heavy (non-hydrogen) atoms. The van der Waals surface area contributed by atoms with E-state index in [1.807, 2.05) is 206 Å². The van der Waals surface area contributed by atoms with Gasteiger partial charge in [-0.3, -0.25) is 9.59 Å². The van der Waals surface area contributed by atoms with E-state index in [0.717, 1.165) is 44.5 Å². The SMILES string of the molecule is C[C@@]1(c2ccccc2)CC(c2ccccc2)=C[C@](O)(c2ccccc2)[C@H]1C(=O)c1ccccc1.C[C@@]1(c2ccccc2)CC(c2ccccc2)=C[C@](O)(c2ccccc2)[C@H]1C(=O)c1ccccc1. The van der Waals surface area contributed by atoms with Crippen LogP contribution in [0.2, 0.25) is 0 Å². The molecule has 8 aromatic rings. The Balaban J connectivity index is 0.000000170. The van der Waals surface area contributed by atoms with E-state index in [1.165, 1.54) is 0 Å². The fraction of sp³-hybridized carbons (Fsp3) is 0.156. The minimum Gasteiger partial charge on any atom is -0.380 e. The van der Waals surface area contributed by atoms with Gasteiger partial charge in [-0.25, -0.2) is 0 Å². The van der Waals surface area contributed by atoms with E-state index >= 15 is 0 Å². The van der Waals surface area contributed by atoms with Crippen LogP contribution in [0.1, 0.15) is 80.8 Å². The van der Waals surface area contributed by atoms with Gasteiger partial charge in [0.1, 0.15) is 11.2 Å². The van der Waals surface area contributed by atoms with Crippen molar-refractivity contribution in [3.05, 3.63) is 299 Å². The Bertz CT molecular complexity index is 2800. The average molecular weight is 889 g/mol. The zero-order valence-electron chi connectivity index (χ0n) is 38.5. The van der Waals surface area contributed by atoms with Crippen LogP contribution >= 0.6 is 0 Å². The van der Waals surface area contributed by atoms with E-state index in [4.69, 9.17) is 0 Å². The minimum absolute atomic E-state index is 0.0540. The molecule has 10 rings (SSSR count). The molecule has 6 atom stereocenters. The topological polar surface area (TPSA) is 74.6 Å². The second-order valence-corrected chi connectivity index (χ2v) is 18.7. The Morgan fingerprint density at radius 2 is 0.588 bits per heavy atom. The normalized spacial score (nSPS) is 24.3. The number of hydrogen-bond donors (Lipinski definition) is 2. The summed E-state index contributed by atoms with van der Waals surface area (Å²) in [4.78, 5) is 28.5. The maximum atomic E-state index is 14.2. The quantitative estimate of drug-likeness (QED) is 0.134. The summed E-state index contributed by atoms with van der Waals surface area (Å²) in [6, 6.07) is 78.5. The highest BCUT2D eigenvalue weighted by Gasteiger charge is 2.57. The molecular weight excluding hydrogens is 833 g/mol. The molecule has 336 valence electrons. The first kappa shape index (κ1) is 45.6. The molecule has 2 aliphatic carbocycles. The zero-order chi connectivity index (χ0) is 47.2. The Labute approximate surface area is 400 Å². The monoisotopic (exact) mass is 888 g/mol. The maximum absolute atomic E-state index is 14.2. The predicted molar refractivity (Wildman–Crippen MR) is 275 cm³/mol. The molecule has 0 aromatic heterocycles. The van der Waals surface area contributed by atoms with Gasteiger partial charge in [0.05, 0.1) is 11.8 Å². The number of aliphatic hydroxyl groups is 2. The lowest BCUT2D eigenvalue weighted by atomic mass is 9.54. The number of carbonyl (C=O) groups is 2. The van der Waals surface area contributed by atoms with Crippen molar-refractivity contribution < 1.29 is 19.8 Å². The predicted octanol–water partition coefficient (Wildman–Crippen LogP) is 13.6. The third-order valence-electron chi connectivity index (χ3n) is 14.3. The largest absolute Gasteiger partial charge is 0.380 e. The van der Waals surface area contributed by atoms with Gasteiger partial charge in [-0.15, -0.1) is 0 Å². The number of rotatable bonds is 10. The molecule has 0 unspecified atom stereocenters. The van der Waals surface area contributed by atoms with Gasteiger partial charge in [0.2, 0.25) is 0 Å². The van der Waals surface area contributed by atoms with Crippen molar-refractivity contribution in [1.82, 2.24) is 0 Å². The molecule has 0 radical (unpaired) electrons. The zero-order valence-corrected chi connectivity index (χ0v) is 38.5. The van der Waals surface area contributed by atoms with E-state index in [-0.39, 0.29) is 11.6 Å². The molecule has 8 aromatic carbocycles. The van der Waals surface area contributed by atoms with Crippen molar-refractivity contribution in [2.75, 3.05) is 0 Å². The van der Waals surface area contributed by atoms with Gasteiger partial charge in [0.25, 0.3) is 0 Å². The van der Waals surface area contributed by atoms with Crippen LogP contribution in [-0.2, 0) is 22.0 Å². The first-order chi connectivity index (χ1) is 33.0. The van der Waals surface area contributed by atoms with Crippen LogP contribution in [0.5, 0.6) is 0 Å². The number of Topliss-reactive ketones (excluding diaryl/α,β-unsaturated/α-hetero) is 2. The van der Waals surface area contributed by atoms with Crippen molar-refractivity contribution in [3.8, 4) is 0 Å². The van der Waals surface area contributed by atoms with Crippen LogP contribution in [0.15, 0.2) is 255 Å². The summed E-state index contributed by atoms with van der Waals surface area (Å²) >= 11 is 0. The average Bonchev–Trinajstić information content (AvgIpc) is 3.40. The van der Waals surface area contributed by atoms with Crippen molar-refractivity contribution >= 4 is 22.7 Å². The number of carbonyl (C=O) groups excluding carboxylic acids is 2.